The molecule has 1 saturated carbocycles. The highest BCUT2D eigenvalue weighted by atomic mass is 16.5. The number of benzene rings is 2. The molecular weight excluding hydrogens is 410 g/mol. The minimum atomic E-state index is -0.339. The van der Waals surface area contributed by atoms with Crippen LogP contribution in [0.4, 0.5) is 0 Å². The molecule has 1 atom stereocenters. The molecule has 0 N–H and O–H groups in total. The van der Waals surface area contributed by atoms with Crippen molar-refractivity contribution in [1.29, 1.82) is 0 Å². The topological polar surface area (TPSA) is 46.6 Å². The van der Waals surface area contributed by atoms with Crippen molar-refractivity contribution in [2.24, 2.45) is 5.92 Å². The van der Waals surface area contributed by atoms with Crippen LogP contribution in [0.1, 0.15) is 81.1 Å². The molecule has 4 heteroatoms. The lowest BCUT2D eigenvalue weighted by Crippen LogP contribution is -2.36. The van der Waals surface area contributed by atoms with Gasteiger partial charge in [0.1, 0.15) is 11.5 Å². The third-order valence-electron chi connectivity index (χ3n) is 6.74. The zero-order valence-electron chi connectivity index (χ0n) is 20.3. The highest BCUT2D eigenvalue weighted by Crippen LogP contribution is 2.26. The minimum Gasteiger partial charge on any atom is -0.423 e. The minimum absolute atomic E-state index is 0.324. The van der Waals surface area contributed by atoms with Gasteiger partial charge in [0.2, 0.25) is 0 Å². The Morgan fingerprint density at radius 2 is 1.67 bits per heavy atom. The number of rotatable bonds is 12. The summed E-state index contributed by atoms with van der Waals surface area (Å²) >= 11 is 0. The average molecular weight is 450 g/mol. The van der Waals surface area contributed by atoms with E-state index in [9.17, 15) is 9.59 Å². The number of carbonyl (C=O) groups is 2. The molecule has 3 rings (SSSR count). The van der Waals surface area contributed by atoms with Crippen LogP contribution in [0.3, 0.4) is 0 Å². The summed E-state index contributed by atoms with van der Waals surface area (Å²) in [4.78, 5) is 27.3. The van der Waals surface area contributed by atoms with Crippen molar-refractivity contribution in [3.05, 3.63) is 65.7 Å². The fraction of sp³-hybridized carbons (Fsp3) is 0.517. The zero-order valence-corrected chi connectivity index (χ0v) is 20.3. The molecule has 0 aliphatic heterocycles. The number of ether oxygens (including phenoxy) is 1. The van der Waals surface area contributed by atoms with Crippen LogP contribution in [0.25, 0.3) is 0 Å². The Morgan fingerprint density at radius 3 is 2.33 bits per heavy atom. The van der Waals surface area contributed by atoms with Crippen LogP contribution in [0.15, 0.2) is 54.6 Å². The van der Waals surface area contributed by atoms with Gasteiger partial charge < -0.3 is 9.64 Å². The number of hydrogen-bond donors (Lipinski definition) is 0. The van der Waals surface area contributed by atoms with E-state index < -0.39 is 0 Å². The molecule has 2 aromatic carbocycles. The van der Waals surface area contributed by atoms with Gasteiger partial charge in [0.15, 0.2) is 0 Å². The number of hydrogen-bond acceptors (Lipinski definition) is 4. The predicted octanol–water partition coefficient (Wildman–Crippen LogP) is 6.48. The van der Waals surface area contributed by atoms with Crippen molar-refractivity contribution in [1.82, 2.24) is 4.90 Å². The Balaban J connectivity index is 1.47. The summed E-state index contributed by atoms with van der Waals surface area (Å²) in [5.74, 6) is 1.03. The maximum atomic E-state index is 12.5. The summed E-state index contributed by atoms with van der Waals surface area (Å²) in [6.07, 6.45) is 9.66. The van der Waals surface area contributed by atoms with Gasteiger partial charge in [-0.05, 0) is 81.9 Å². The number of ketones is 1. The number of Topliss-reactive ketones (excluding diaryl/α,β-unsaturated/α-hetero) is 1. The Hall–Kier alpha value is -2.46. The molecule has 1 fully saturated rings. The van der Waals surface area contributed by atoms with Crippen LogP contribution < -0.4 is 4.74 Å². The van der Waals surface area contributed by atoms with E-state index >= 15 is 0 Å². The number of carbonyl (C=O) groups excluding carboxylic acids is 2. The molecule has 1 aliphatic rings. The normalized spacial score (nSPS) is 15.4. The van der Waals surface area contributed by atoms with E-state index in [-0.39, 0.29) is 5.97 Å². The molecule has 0 bridgehead atoms. The Labute approximate surface area is 199 Å². The third-order valence-corrected chi connectivity index (χ3v) is 6.74. The second kappa shape index (κ2) is 13.3. The monoisotopic (exact) mass is 449 g/mol. The molecule has 1 aliphatic carbocycles. The van der Waals surface area contributed by atoms with Crippen molar-refractivity contribution in [3.63, 3.8) is 0 Å². The molecule has 2 aromatic rings. The van der Waals surface area contributed by atoms with Crippen LogP contribution >= 0.6 is 0 Å². The van der Waals surface area contributed by atoms with Crippen LogP contribution in [0.2, 0.25) is 0 Å². The van der Waals surface area contributed by atoms with Gasteiger partial charge in [-0.15, -0.1) is 0 Å². The van der Waals surface area contributed by atoms with Crippen LogP contribution in [-0.4, -0.2) is 35.8 Å². The smallest absolute Gasteiger partial charge is 0.343 e. The SMILES string of the molecule is CCCN(CCCC(=O)C1CCCCC1)C(C)Cc1ccc(OC(=O)c2ccccc2)cc1. The summed E-state index contributed by atoms with van der Waals surface area (Å²) in [6.45, 7) is 6.50. The van der Waals surface area contributed by atoms with E-state index in [0.717, 1.165) is 51.6 Å². The van der Waals surface area contributed by atoms with Gasteiger partial charge >= 0.3 is 5.97 Å². The summed E-state index contributed by atoms with van der Waals surface area (Å²) in [6, 6.07) is 17.3. The van der Waals surface area contributed by atoms with Gasteiger partial charge in [-0.25, -0.2) is 4.79 Å². The fourth-order valence-corrected chi connectivity index (χ4v) is 4.83. The standard InChI is InChI=1S/C29H39NO3/c1-3-20-30(21-10-15-28(31)25-11-6-4-7-12-25)23(2)22-24-16-18-27(19-17-24)33-29(32)26-13-8-5-9-14-26/h5,8-9,13-14,16-19,23,25H,3-4,6-7,10-12,15,20-22H2,1-2H3. The molecule has 4 nitrogen and oxygen atoms in total. The van der Waals surface area contributed by atoms with Crippen molar-refractivity contribution in [2.45, 2.75) is 77.7 Å². The van der Waals surface area contributed by atoms with E-state index in [2.05, 4.69) is 18.7 Å². The highest BCUT2D eigenvalue weighted by molar-refractivity contribution is 5.90. The lowest BCUT2D eigenvalue weighted by molar-refractivity contribution is -0.124. The zero-order chi connectivity index (χ0) is 23.5. The van der Waals surface area contributed by atoms with Crippen LogP contribution in [0, 0.1) is 5.92 Å². The van der Waals surface area contributed by atoms with E-state index in [1.807, 2.05) is 42.5 Å². The molecule has 33 heavy (non-hydrogen) atoms. The summed E-state index contributed by atoms with van der Waals surface area (Å²) < 4.78 is 5.49. The first-order chi connectivity index (χ1) is 16.1. The first-order valence-electron chi connectivity index (χ1n) is 12.7. The molecule has 0 amide bonds. The van der Waals surface area contributed by atoms with Crippen molar-refractivity contribution < 1.29 is 14.3 Å². The molecule has 1 unspecified atom stereocenters. The van der Waals surface area contributed by atoms with E-state index in [0.29, 0.717) is 29.1 Å². The summed E-state index contributed by atoms with van der Waals surface area (Å²) in [5, 5.41) is 0. The Morgan fingerprint density at radius 1 is 0.970 bits per heavy atom. The van der Waals surface area contributed by atoms with Crippen molar-refractivity contribution in [3.8, 4) is 5.75 Å². The van der Waals surface area contributed by atoms with Gasteiger partial charge in [0.25, 0.3) is 0 Å². The average Bonchev–Trinajstić information content (AvgIpc) is 2.85. The van der Waals surface area contributed by atoms with Crippen LogP contribution in [0.5, 0.6) is 5.75 Å². The molecule has 0 saturated heterocycles. The van der Waals surface area contributed by atoms with E-state index in [1.54, 1.807) is 12.1 Å². The molecule has 0 radical (unpaired) electrons. The Kier molecular flexibility index (Phi) is 10.1. The van der Waals surface area contributed by atoms with Gasteiger partial charge in [-0.1, -0.05) is 56.5 Å². The lowest BCUT2D eigenvalue weighted by atomic mass is 9.85. The molecule has 0 aromatic heterocycles. The Bertz CT molecular complexity index is 856. The van der Waals surface area contributed by atoms with Gasteiger partial charge in [0.05, 0.1) is 5.56 Å². The second-order valence-electron chi connectivity index (χ2n) is 9.39. The number of esters is 1. The molecule has 0 spiro atoms. The predicted molar refractivity (Wildman–Crippen MR) is 134 cm³/mol. The second-order valence-corrected chi connectivity index (χ2v) is 9.39. The summed E-state index contributed by atoms with van der Waals surface area (Å²) in [7, 11) is 0. The summed E-state index contributed by atoms with van der Waals surface area (Å²) in [5.41, 5.74) is 1.77. The maximum absolute atomic E-state index is 12.5. The van der Waals surface area contributed by atoms with Crippen LogP contribution in [-0.2, 0) is 11.2 Å². The maximum Gasteiger partial charge on any atom is 0.343 e. The first-order valence-corrected chi connectivity index (χ1v) is 12.7. The van der Waals surface area contributed by atoms with E-state index in [4.69, 9.17) is 4.74 Å². The molecular formula is C29H39NO3. The van der Waals surface area contributed by atoms with Gasteiger partial charge in [-0.2, -0.15) is 0 Å². The van der Waals surface area contributed by atoms with E-state index in [1.165, 1.54) is 24.8 Å². The number of nitrogens with zero attached hydrogens (tertiary/aromatic N) is 1. The lowest BCUT2D eigenvalue weighted by Gasteiger charge is -2.29. The molecule has 178 valence electrons. The quantitative estimate of drug-likeness (QED) is 0.275. The first kappa shape index (κ1) is 25.2. The third kappa shape index (κ3) is 8.12. The van der Waals surface area contributed by atoms with Crippen molar-refractivity contribution in [2.75, 3.05) is 13.1 Å². The van der Waals surface area contributed by atoms with Gasteiger partial charge in [0, 0.05) is 18.4 Å². The van der Waals surface area contributed by atoms with Crippen molar-refractivity contribution >= 4 is 11.8 Å². The fourth-order valence-electron chi connectivity index (χ4n) is 4.83. The van der Waals surface area contributed by atoms with Gasteiger partial charge in [-0.3, -0.25) is 4.79 Å². The molecule has 0 heterocycles. The largest absolute Gasteiger partial charge is 0.423 e. The highest BCUT2D eigenvalue weighted by Gasteiger charge is 2.21.